The molecule has 1 aliphatic rings. The molecular weight excluding hydrogens is 246 g/mol. The summed E-state index contributed by atoms with van der Waals surface area (Å²) in [6, 6.07) is 0. The predicted molar refractivity (Wildman–Crippen MR) is 73.3 cm³/mol. The second-order valence-corrected chi connectivity index (χ2v) is 6.36. The van der Waals surface area contributed by atoms with Gasteiger partial charge in [0.15, 0.2) is 0 Å². The van der Waals surface area contributed by atoms with Gasteiger partial charge < -0.3 is 5.11 Å². The maximum atomic E-state index is 10.6. The van der Waals surface area contributed by atoms with E-state index in [0.29, 0.717) is 12.3 Å². The minimum Gasteiger partial charge on any atom is -0.481 e. The van der Waals surface area contributed by atoms with E-state index in [4.69, 9.17) is 5.11 Å². The Kier molecular flexibility index (Phi) is 4.75. The molecule has 1 heterocycles. The van der Waals surface area contributed by atoms with Crippen molar-refractivity contribution in [3.8, 4) is 0 Å². The monoisotopic (exact) mass is 267 g/mol. The zero-order valence-electron chi connectivity index (χ0n) is 10.9. The SMILES string of the molecule is Cc1nc(CCCC(=O)O)c(C2CCCCC2)s1. The van der Waals surface area contributed by atoms with Crippen LogP contribution in [0.15, 0.2) is 0 Å². The van der Waals surface area contributed by atoms with Gasteiger partial charge in [-0.25, -0.2) is 4.98 Å². The number of carboxylic acid groups (broad SMARTS) is 1. The molecule has 1 N–H and O–H groups in total. The summed E-state index contributed by atoms with van der Waals surface area (Å²) in [6.07, 6.45) is 8.37. The number of carbonyl (C=O) groups is 1. The Bertz CT molecular complexity index is 408. The van der Waals surface area contributed by atoms with Crippen LogP contribution in [-0.4, -0.2) is 16.1 Å². The quantitative estimate of drug-likeness (QED) is 0.880. The number of hydrogen-bond donors (Lipinski definition) is 1. The highest BCUT2D eigenvalue weighted by Gasteiger charge is 2.21. The Hall–Kier alpha value is -0.900. The van der Waals surface area contributed by atoms with Crippen LogP contribution < -0.4 is 0 Å². The molecule has 0 bridgehead atoms. The van der Waals surface area contributed by atoms with Crippen molar-refractivity contribution >= 4 is 17.3 Å². The van der Waals surface area contributed by atoms with Crippen molar-refractivity contribution in [1.29, 1.82) is 0 Å². The highest BCUT2D eigenvalue weighted by molar-refractivity contribution is 7.11. The fourth-order valence-electron chi connectivity index (χ4n) is 2.76. The molecule has 3 nitrogen and oxygen atoms in total. The van der Waals surface area contributed by atoms with Gasteiger partial charge in [-0.2, -0.15) is 0 Å². The van der Waals surface area contributed by atoms with Crippen molar-refractivity contribution in [2.45, 2.75) is 64.2 Å². The van der Waals surface area contributed by atoms with Crippen LogP contribution in [0.2, 0.25) is 0 Å². The molecule has 18 heavy (non-hydrogen) atoms. The lowest BCUT2D eigenvalue weighted by Gasteiger charge is -2.21. The van der Waals surface area contributed by atoms with Gasteiger partial charge in [-0.1, -0.05) is 19.3 Å². The molecule has 1 saturated carbocycles. The van der Waals surface area contributed by atoms with Crippen LogP contribution in [0.5, 0.6) is 0 Å². The summed E-state index contributed by atoms with van der Waals surface area (Å²) in [5.41, 5.74) is 1.17. The summed E-state index contributed by atoms with van der Waals surface area (Å²) in [7, 11) is 0. The number of nitrogens with zero attached hydrogens (tertiary/aromatic N) is 1. The average molecular weight is 267 g/mol. The van der Waals surface area contributed by atoms with E-state index in [2.05, 4.69) is 11.9 Å². The van der Waals surface area contributed by atoms with Gasteiger partial charge in [0.2, 0.25) is 0 Å². The molecule has 0 amide bonds. The highest BCUT2D eigenvalue weighted by atomic mass is 32.1. The third-order valence-electron chi connectivity index (χ3n) is 3.61. The topological polar surface area (TPSA) is 50.2 Å². The number of carboxylic acids is 1. The molecule has 1 aliphatic carbocycles. The lowest BCUT2D eigenvalue weighted by molar-refractivity contribution is -0.137. The van der Waals surface area contributed by atoms with Crippen LogP contribution in [0.25, 0.3) is 0 Å². The van der Waals surface area contributed by atoms with Crippen molar-refractivity contribution in [3.63, 3.8) is 0 Å². The Morgan fingerprint density at radius 3 is 2.78 bits per heavy atom. The first-order valence-corrected chi connectivity index (χ1v) is 7.66. The van der Waals surface area contributed by atoms with Crippen molar-refractivity contribution in [1.82, 2.24) is 4.98 Å². The highest BCUT2D eigenvalue weighted by Crippen LogP contribution is 2.37. The van der Waals surface area contributed by atoms with Gasteiger partial charge in [0.25, 0.3) is 0 Å². The van der Waals surface area contributed by atoms with Crippen molar-refractivity contribution in [2.24, 2.45) is 0 Å². The predicted octanol–water partition coefficient (Wildman–Crippen LogP) is 3.91. The summed E-state index contributed by atoms with van der Waals surface area (Å²) < 4.78 is 0. The Morgan fingerprint density at radius 1 is 1.39 bits per heavy atom. The Labute approximate surface area is 112 Å². The van der Waals surface area contributed by atoms with Crippen molar-refractivity contribution < 1.29 is 9.90 Å². The standard InChI is InChI=1S/C14H21NO2S/c1-10-15-12(8-5-9-13(16)17)14(18-10)11-6-3-2-4-7-11/h11H,2-9H2,1H3,(H,16,17). The smallest absolute Gasteiger partial charge is 0.303 e. The fourth-order valence-corrected chi connectivity index (χ4v) is 3.90. The summed E-state index contributed by atoms with van der Waals surface area (Å²) >= 11 is 1.82. The van der Waals surface area contributed by atoms with E-state index < -0.39 is 5.97 Å². The molecule has 0 radical (unpaired) electrons. The largest absolute Gasteiger partial charge is 0.481 e. The first-order valence-electron chi connectivity index (χ1n) is 6.85. The van der Waals surface area contributed by atoms with Gasteiger partial charge in [-0.05, 0) is 38.5 Å². The van der Waals surface area contributed by atoms with Gasteiger partial charge in [-0.15, -0.1) is 11.3 Å². The van der Waals surface area contributed by atoms with Gasteiger partial charge in [0.05, 0.1) is 10.7 Å². The molecule has 0 aliphatic heterocycles. The molecule has 0 atom stereocenters. The third-order valence-corrected chi connectivity index (χ3v) is 4.79. The van der Waals surface area contributed by atoms with Crippen LogP contribution >= 0.6 is 11.3 Å². The lowest BCUT2D eigenvalue weighted by Crippen LogP contribution is -2.06. The Morgan fingerprint density at radius 2 is 2.11 bits per heavy atom. The third kappa shape index (κ3) is 3.55. The number of aryl methyl sites for hydroxylation is 2. The molecule has 1 aromatic rings. The normalized spacial score (nSPS) is 16.9. The van der Waals surface area contributed by atoms with Crippen LogP contribution in [-0.2, 0) is 11.2 Å². The number of rotatable bonds is 5. The van der Waals surface area contributed by atoms with E-state index in [9.17, 15) is 4.79 Å². The molecule has 1 aromatic heterocycles. The molecular formula is C14H21NO2S. The second-order valence-electron chi connectivity index (χ2n) is 5.13. The molecule has 0 spiro atoms. The minimum absolute atomic E-state index is 0.251. The molecule has 2 rings (SSSR count). The zero-order valence-corrected chi connectivity index (χ0v) is 11.8. The van der Waals surface area contributed by atoms with Crippen molar-refractivity contribution in [3.05, 3.63) is 15.6 Å². The van der Waals surface area contributed by atoms with E-state index in [-0.39, 0.29) is 6.42 Å². The fraction of sp³-hybridized carbons (Fsp3) is 0.714. The maximum Gasteiger partial charge on any atom is 0.303 e. The molecule has 0 saturated heterocycles. The second kappa shape index (κ2) is 6.32. The molecule has 100 valence electrons. The number of thiazole rings is 1. The van der Waals surface area contributed by atoms with Crippen molar-refractivity contribution in [2.75, 3.05) is 0 Å². The minimum atomic E-state index is -0.707. The number of hydrogen-bond acceptors (Lipinski definition) is 3. The van der Waals surface area contributed by atoms with E-state index in [1.165, 1.54) is 42.7 Å². The van der Waals surface area contributed by atoms with Gasteiger partial charge in [-0.3, -0.25) is 4.79 Å². The molecule has 1 fully saturated rings. The summed E-state index contributed by atoms with van der Waals surface area (Å²) in [5.74, 6) is -0.0223. The molecule has 0 unspecified atom stereocenters. The van der Waals surface area contributed by atoms with Crippen LogP contribution in [0.1, 0.15) is 66.4 Å². The maximum absolute atomic E-state index is 10.6. The van der Waals surface area contributed by atoms with E-state index >= 15 is 0 Å². The summed E-state index contributed by atoms with van der Waals surface area (Å²) in [6.45, 7) is 2.05. The van der Waals surface area contributed by atoms with Gasteiger partial charge >= 0.3 is 5.97 Å². The van der Waals surface area contributed by atoms with Crippen LogP contribution in [0, 0.1) is 6.92 Å². The van der Waals surface area contributed by atoms with E-state index in [1.54, 1.807) is 0 Å². The summed E-state index contributed by atoms with van der Waals surface area (Å²) in [4.78, 5) is 16.6. The average Bonchev–Trinajstić information content (AvgIpc) is 2.71. The van der Waals surface area contributed by atoms with Crippen LogP contribution in [0.3, 0.4) is 0 Å². The lowest BCUT2D eigenvalue weighted by atomic mass is 9.87. The first-order chi connectivity index (χ1) is 8.66. The zero-order chi connectivity index (χ0) is 13.0. The Balaban J connectivity index is 2.02. The number of aromatic nitrogens is 1. The van der Waals surface area contributed by atoms with E-state index in [1.807, 2.05) is 11.3 Å². The summed E-state index contributed by atoms with van der Waals surface area (Å²) in [5, 5.41) is 9.82. The number of aliphatic carboxylic acids is 1. The van der Waals surface area contributed by atoms with Crippen LogP contribution in [0.4, 0.5) is 0 Å². The molecule has 0 aromatic carbocycles. The first kappa shape index (κ1) is 13.5. The molecule has 4 heteroatoms. The van der Waals surface area contributed by atoms with Gasteiger partial charge in [0, 0.05) is 11.3 Å². The van der Waals surface area contributed by atoms with E-state index in [0.717, 1.165) is 11.4 Å². The van der Waals surface area contributed by atoms with Gasteiger partial charge in [0.1, 0.15) is 0 Å².